The molecule has 0 saturated heterocycles. The van der Waals surface area contributed by atoms with Crippen molar-refractivity contribution in [1.29, 1.82) is 0 Å². The van der Waals surface area contributed by atoms with Crippen LogP contribution in [0.2, 0.25) is 0 Å². The summed E-state index contributed by atoms with van der Waals surface area (Å²) < 4.78 is 22.6. The number of nitrogens with zero attached hydrogens (tertiary/aromatic N) is 3. The number of ether oxygens (including phenoxy) is 4. The van der Waals surface area contributed by atoms with Gasteiger partial charge in [0.2, 0.25) is 10.9 Å². The second kappa shape index (κ2) is 10.1. The lowest BCUT2D eigenvalue weighted by Gasteiger charge is -2.14. The van der Waals surface area contributed by atoms with Crippen LogP contribution < -0.4 is 24.8 Å². The molecule has 2 aromatic carbocycles. The van der Waals surface area contributed by atoms with Crippen LogP contribution in [0.4, 0.5) is 0 Å². The fraction of sp³-hybridized carbons (Fsp3) is 0.286. The van der Waals surface area contributed by atoms with E-state index in [0.717, 1.165) is 5.56 Å². The van der Waals surface area contributed by atoms with Crippen LogP contribution >= 0.6 is 11.8 Å². The zero-order valence-corrected chi connectivity index (χ0v) is 18.6. The first-order valence-electron chi connectivity index (χ1n) is 9.29. The SMILES string of the molecule is COc1ccc(C(=O)CSc2nnc(Cc3cc(OC)c(OC)c(OC)c3)n2N)cc1. The maximum atomic E-state index is 12.4. The van der Waals surface area contributed by atoms with Gasteiger partial charge in [0, 0.05) is 12.0 Å². The summed E-state index contributed by atoms with van der Waals surface area (Å²) in [4.78, 5) is 12.4. The zero-order valence-electron chi connectivity index (χ0n) is 17.7. The number of nitrogens with two attached hydrogens (primary N) is 1. The molecule has 0 aliphatic carbocycles. The van der Waals surface area contributed by atoms with E-state index in [1.165, 1.54) is 16.4 Å². The number of hydrogen-bond acceptors (Lipinski definition) is 9. The number of nitrogen functional groups attached to an aromatic ring is 1. The van der Waals surface area contributed by atoms with Crippen molar-refractivity contribution in [2.24, 2.45) is 0 Å². The Balaban J connectivity index is 1.71. The van der Waals surface area contributed by atoms with Gasteiger partial charge in [-0.05, 0) is 42.0 Å². The summed E-state index contributed by atoms with van der Waals surface area (Å²) in [5.74, 6) is 9.14. The first-order valence-corrected chi connectivity index (χ1v) is 10.3. The smallest absolute Gasteiger partial charge is 0.210 e. The zero-order chi connectivity index (χ0) is 22.4. The van der Waals surface area contributed by atoms with E-state index < -0.39 is 0 Å². The van der Waals surface area contributed by atoms with Crippen molar-refractivity contribution in [2.75, 3.05) is 40.0 Å². The first-order chi connectivity index (χ1) is 15.0. The molecule has 0 amide bonds. The van der Waals surface area contributed by atoms with Crippen molar-refractivity contribution in [2.45, 2.75) is 11.6 Å². The van der Waals surface area contributed by atoms with Gasteiger partial charge in [0.15, 0.2) is 23.1 Å². The van der Waals surface area contributed by atoms with Crippen LogP contribution in [-0.4, -0.2) is 54.8 Å². The highest BCUT2D eigenvalue weighted by molar-refractivity contribution is 7.99. The molecule has 0 aliphatic rings. The van der Waals surface area contributed by atoms with Crippen LogP contribution in [0.25, 0.3) is 0 Å². The first kappa shape index (κ1) is 22.3. The molecule has 1 heterocycles. The van der Waals surface area contributed by atoms with E-state index in [4.69, 9.17) is 24.8 Å². The second-order valence-corrected chi connectivity index (χ2v) is 7.36. The summed E-state index contributed by atoms with van der Waals surface area (Å²) >= 11 is 1.23. The highest BCUT2D eigenvalue weighted by Gasteiger charge is 2.17. The van der Waals surface area contributed by atoms with E-state index in [-0.39, 0.29) is 11.5 Å². The third-order valence-electron chi connectivity index (χ3n) is 4.57. The minimum Gasteiger partial charge on any atom is -0.497 e. The molecule has 1 aromatic heterocycles. The Morgan fingerprint density at radius 2 is 1.61 bits per heavy atom. The third-order valence-corrected chi connectivity index (χ3v) is 5.51. The Hall–Kier alpha value is -3.40. The van der Waals surface area contributed by atoms with Crippen LogP contribution in [0.5, 0.6) is 23.0 Å². The van der Waals surface area contributed by atoms with Gasteiger partial charge in [0.05, 0.1) is 34.2 Å². The molecule has 0 aliphatic heterocycles. The number of benzene rings is 2. The number of Topliss-reactive ketones (excluding diaryl/α,β-unsaturated/α-hetero) is 1. The largest absolute Gasteiger partial charge is 0.497 e. The lowest BCUT2D eigenvalue weighted by atomic mass is 10.1. The second-order valence-electron chi connectivity index (χ2n) is 6.42. The summed E-state index contributed by atoms with van der Waals surface area (Å²) in [6.07, 6.45) is 0.396. The summed E-state index contributed by atoms with van der Waals surface area (Å²) in [5, 5.41) is 8.73. The van der Waals surface area contributed by atoms with E-state index >= 15 is 0 Å². The van der Waals surface area contributed by atoms with Crippen LogP contribution in [0, 0.1) is 0 Å². The number of rotatable bonds is 10. The summed E-state index contributed by atoms with van der Waals surface area (Å²) in [6, 6.07) is 10.6. The number of ketones is 1. The summed E-state index contributed by atoms with van der Waals surface area (Å²) in [5.41, 5.74) is 1.45. The summed E-state index contributed by atoms with van der Waals surface area (Å²) in [6.45, 7) is 0. The number of methoxy groups -OCH3 is 4. The van der Waals surface area contributed by atoms with Gasteiger partial charge in [-0.25, -0.2) is 4.68 Å². The normalized spacial score (nSPS) is 10.6. The van der Waals surface area contributed by atoms with Crippen molar-refractivity contribution in [3.05, 3.63) is 53.3 Å². The van der Waals surface area contributed by atoms with Crippen LogP contribution in [0.3, 0.4) is 0 Å². The number of hydrogen-bond donors (Lipinski definition) is 1. The molecule has 0 fully saturated rings. The van der Waals surface area contributed by atoms with E-state index in [1.807, 2.05) is 12.1 Å². The molecule has 2 N–H and O–H groups in total. The van der Waals surface area contributed by atoms with Gasteiger partial charge in [-0.1, -0.05) is 11.8 Å². The van der Waals surface area contributed by atoms with Crippen molar-refractivity contribution in [3.8, 4) is 23.0 Å². The lowest BCUT2D eigenvalue weighted by Crippen LogP contribution is -2.15. The van der Waals surface area contributed by atoms with Gasteiger partial charge in [0.1, 0.15) is 5.75 Å². The predicted octanol–water partition coefficient (Wildman–Crippen LogP) is 2.59. The van der Waals surface area contributed by atoms with Crippen LogP contribution in [-0.2, 0) is 6.42 Å². The standard InChI is InChI=1S/C21H24N4O5S/c1-27-15-7-5-14(6-8-15)16(26)12-31-21-24-23-19(25(21)22)11-13-9-17(28-2)20(30-4)18(10-13)29-3/h5-10H,11-12,22H2,1-4H3. The predicted molar refractivity (Wildman–Crippen MR) is 117 cm³/mol. The average Bonchev–Trinajstić information content (AvgIpc) is 3.15. The molecule has 0 radical (unpaired) electrons. The Bertz CT molecular complexity index is 1030. The monoisotopic (exact) mass is 444 g/mol. The molecule has 0 spiro atoms. The Morgan fingerprint density at radius 1 is 0.968 bits per heavy atom. The molecule has 3 aromatic rings. The quantitative estimate of drug-likeness (QED) is 0.286. The fourth-order valence-electron chi connectivity index (χ4n) is 2.94. The highest BCUT2D eigenvalue weighted by Crippen LogP contribution is 2.38. The molecular weight excluding hydrogens is 420 g/mol. The van der Waals surface area contributed by atoms with Gasteiger partial charge in [-0.2, -0.15) is 0 Å². The molecule has 10 heteroatoms. The van der Waals surface area contributed by atoms with Gasteiger partial charge in [0.25, 0.3) is 0 Å². The molecule has 164 valence electrons. The average molecular weight is 445 g/mol. The van der Waals surface area contributed by atoms with Gasteiger partial charge < -0.3 is 24.8 Å². The highest BCUT2D eigenvalue weighted by atomic mass is 32.2. The number of carbonyl (C=O) groups is 1. The van der Waals surface area contributed by atoms with Gasteiger partial charge >= 0.3 is 0 Å². The third kappa shape index (κ3) is 5.02. The number of thioether (sulfide) groups is 1. The maximum absolute atomic E-state index is 12.4. The molecule has 0 bridgehead atoms. The van der Waals surface area contributed by atoms with Crippen LogP contribution in [0.1, 0.15) is 21.7 Å². The number of carbonyl (C=O) groups excluding carboxylic acids is 1. The van der Waals surface area contributed by atoms with Gasteiger partial charge in [-0.3, -0.25) is 4.79 Å². The van der Waals surface area contributed by atoms with Crippen molar-refractivity contribution < 1.29 is 23.7 Å². The van der Waals surface area contributed by atoms with Gasteiger partial charge in [-0.15, -0.1) is 10.2 Å². The molecule has 3 rings (SSSR count). The van der Waals surface area contributed by atoms with E-state index in [9.17, 15) is 4.79 Å². The molecule has 9 nitrogen and oxygen atoms in total. The molecule has 0 unspecified atom stereocenters. The van der Waals surface area contributed by atoms with E-state index in [2.05, 4.69) is 10.2 Å². The van der Waals surface area contributed by atoms with E-state index in [0.29, 0.717) is 46.0 Å². The minimum atomic E-state index is -0.0400. The Labute approximate surface area is 184 Å². The Morgan fingerprint density at radius 3 is 2.16 bits per heavy atom. The molecule has 31 heavy (non-hydrogen) atoms. The van der Waals surface area contributed by atoms with Crippen molar-refractivity contribution in [3.63, 3.8) is 0 Å². The molecule has 0 saturated carbocycles. The molecule has 0 atom stereocenters. The van der Waals surface area contributed by atoms with Crippen molar-refractivity contribution >= 4 is 17.5 Å². The molecular formula is C21H24N4O5S. The van der Waals surface area contributed by atoms with E-state index in [1.54, 1.807) is 52.7 Å². The van der Waals surface area contributed by atoms with Crippen molar-refractivity contribution in [1.82, 2.24) is 14.9 Å². The van der Waals surface area contributed by atoms with Crippen LogP contribution in [0.15, 0.2) is 41.6 Å². The topological polar surface area (TPSA) is 111 Å². The lowest BCUT2D eigenvalue weighted by molar-refractivity contribution is 0.102. The summed E-state index contributed by atoms with van der Waals surface area (Å²) in [7, 11) is 6.24. The fourth-order valence-corrected chi connectivity index (χ4v) is 3.71. The Kier molecular flexibility index (Phi) is 7.24. The minimum absolute atomic E-state index is 0.0400. The number of aromatic nitrogens is 3. The maximum Gasteiger partial charge on any atom is 0.210 e.